The van der Waals surface area contributed by atoms with E-state index in [2.05, 4.69) is 9.97 Å². The van der Waals surface area contributed by atoms with Crippen molar-refractivity contribution < 1.29 is 4.79 Å². The Morgan fingerprint density at radius 1 is 1.21 bits per heavy atom. The van der Waals surface area contributed by atoms with E-state index in [4.69, 9.17) is 0 Å². The maximum atomic E-state index is 13.3. The lowest BCUT2D eigenvalue weighted by Gasteiger charge is -2.32. The Labute approximate surface area is 162 Å². The zero-order valence-corrected chi connectivity index (χ0v) is 16.0. The molecule has 0 N–H and O–H groups in total. The molecule has 8 nitrogen and oxygen atoms in total. The Morgan fingerprint density at radius 3 is 2.82 bits per heavy atom. The van der Waals surface area contributed by atoms with Crippen molar-refractivity contribution in [1.82, 2.24) is 28.6 Å². The van der Waals surface area contributed by atoms with E-state index in [0.29, 0.717) is 24.8 Å². The van der Waals surface area contributed by atoms with E-state index in [9.17, 15) is 9.59 Å². The smallest absolute Gasteiger partial charge is 0.330 e. The fourth-order valence-corrected chi connectivity index (χ4v) is 4.24. The van der Waals surface area contributed by atoms with Gasteiger partial charge in [0.25, 0.3) is 5.91 Å². The molecule has 28 heavy (non-hydrogen) atoms. The van der Waals surface area contributed by atoms with Gasteiger partial charge in [-0.25, -0.2) is 14.8 Å². The summed E-state index contributed by atoms with van der Waals surface area (Å²) in [5.41, 5.74) is 1.62. The molecule has 0 bridgehead atoms. The van der Waals surface area contributed by atoms with Gasteiger partial charge in [0.2, 0.25) is 0 Å². The molecule has 0 spiro atoms. The molecule has 1 amide bonds. The van der Waals surface area contributed by atoms with Crippen LogP contribution in [0.1, 0.15) is 42.3 Å². The second-order valence-corrected chi connectivity index (χ2v) is 7.96. The molecule has 5 rings (SSSR count). The summed E-state index contributed by atoms with van der Waals surface area (Å²) in [6.45, 7) is 1.95. The first-order valence-corrected chi connectivity index (χ1v) is 9.96. The maximum Gasteiger partial charge on any atom is 0.330 e. The van der Waals surface area contributed by atoms with Crippen molar-refractivity contribution in [2.75, 3.05) is 13.1 Å². The van der Waals surface area contributed by atoms with Crippen molar-refractivity contribution in [3.8, 4) is 0 Å². The van der Waals surface area contributed by atoms with Crippen LogP contribution in [-0.2, 0) is 13.6 Å². The van der Waals surface area contributed by atoms with Crippen LogP contribution < -0.4 is 5.69 Å². The minimum atomic E-state index is -0.0834. The third-order valence-electron chi connectivity index (χ3n) is 5.92. The lowest BCUT2D eigenvalue weighted by molar-refractivity contribution is 0.0663. The number of hydrogen-bond acceptors (Lipinski definition) is 4. The molecule has 1 aliphatic carbocycles. The van der Waals surface area contributed by atoms with E-state index in [1.54, 1.807) is 23.2 Å². The van der Waals surface area contributed by atoms with E-state index >= 15 is 0 Å². The van der Waals surface area contributed by atoms with Crippen LogP contribution in [0.3, 0.4) is 0 Å². The quantitative estimate of drug-likeness (QED) is 0.692. The fourth-order valence-electron chi connectivity index (χ4n) is 4.24. The van der Waals surface area contributed by atoms with Crippen LogP contribution in [0.15, 0.2) is 35.5 Å². The first-order valence-electron chi connectivity index (χ1n) is 9.96. The molecule has 3 aromatic rings. The molecule has 1 atom stereocenters. The van der Waals surface area contributed by atoms with Crippen LogP contribution in [0.2, 0.25) is 0 Å². The van der Waals surface area contributed by atoms with Crippen molar-refractivity contribution >= 4 is 17.1 Å². The van der Waals surface area contributed by atoms with Gasteiger partial charge in [-0.15, -0.1) is 0 Å². The van der Waals surface area contributed by atoms with Crippen LogP contribution in [0.4, 0.5) is 0 Å². The predicted octanol–water partition coefficient (Wildman–Crippen LogP) is 1.82. The van der Waals surface area contributed by atoms with E-state index < -0.39 is 0 Å². The minimum Gasteiger partial charge on any atom is -0.334 e. The Morgan fingerprint density at radius 2 is 2.07 bits per heavy atom. The highest BCUT2D eigenvalue weighted by molar-refractivity contribution is 5.90. The number of carbonyl (C=O) groups excluding carboxylic acids is 1. The van der Waals surface area contributed by atoms with Gasteiger partial charge in [-0.1, -0.05) is 0 Å². The van der Waals surface area contributed by atoms with E-state index in [1.165, 1.54) is 12.8 Å². The molecule has 0 radical (unpaired) electrons. The third-order valence-corrected chi connectivity index (χ3v) is 5.92. The fraction of sp³-hybridized carbons (Fsp3) is 0.500. The standard InChI is InChI=1S/C20H24N6O2/c1-23-11-9-22-18(23)19(27)24-10-3-4-15(13-24)26-17-16(5-2-8-21-17)25(20(26)28)12-14-6-7-14/h2,5,8-9,11,14-15H,3-4,6-7,10,12-13H2,1H3/t15-/m0/s1. The van der Waals surface area contributed by atoms with E-state index in [0.717, 1.165) is 30.6 Å². The zero-order chi connectivity index (χ0) is 19.3. The number of imidazole rings is 2. The summed E-state index contributed by atoms with van der Waals surface area (Å²) >= 11 is 0. The molecular formula is C20H24N6O2. The van der Waals surface area contributed by atoms with Gasteiger partial charge < -0.3 is 9.47 Å². The van der Waals surface area contributed by atoms with Crippen LogP contribution in [-0.4, -0.2) is 47.6 Å². The third kappa shape index (κ3) is 2.83. The molecule has 2 fully saturated rings. The largest absolute Gasteiger partial charge is 0.334 e. The summed E-state index contributed by atoms with van der Waals surface area (Å²) in [6.07, 6.45) is 9.24. The Bertz CT molecular complexity index is 1090. The number of fused-ring (bicyclic) bond motifs is 1. The average molecular weight is 380 g/mol. The summed E-state index contributed by atoms with van der Waals surface area (Å²) in [6, 6.07) is 3.79. The highest BCUT2D eigenvalue weighted by Crippen LogP contribution is 2.32. The van der Waals surface area contributed by atoms with Gasteiger partial charge in [0.15, 0.2) is 11.5 Å². The molecule has 2 aliphatic rings. The minimum absolute atomic E-state index is 0.00288. The van der Waals surface area contributed by atoms with Gasteiger partial charge in [0, 0.05) is 45.3 Å². The second-order valence-electron chi connectivity index (χ2n) is 7.96. The Hall–Kier alpha value is -2.90. The number of amides is 1. The number of aryl methyl sites for hydroxylation is 1. The Balaban J connectivity index is 1.49. The number of aromatic nitrogens is 5. The van der Waals surface area contributed by atoms with Gasteiger partial charge >= 0.3 is 5.69 Å². The molecule has 0 unspecified atom stereocenters. The molecule has 1 saturated heterocycles. The second kappa shape index (κ2) is 6.61. The van der Waals surface area contributed by atoms with Gasteiger partial charge in [0.05, 0.1) is 11.6 Å². The number of carbonyl (C=O) groups is 1. The van der Waals surface area contributed by atoms with Crippen molar-refractivity contribution in [3.63, 3.8) is 0 Å². The van der Waals surface area contributed by atoms with Crippen molar-refractivity contribution in [3.05, 3.63) is 47.0 Å². The summed E-state index contributed by atoms with van der Waals surface area (Å²) in [5.74, 6) is 0.951. The van der Waals surface area contributed by atoms with Crippen LogP contribution in [0.25, 0.3) is 11.2 Å². The van der Waals surface area contributed by atoms with Crippen LogP contribution >= 0.6 is 0 Å². The molecule has 3 aromatic heterocycles. The van der Waals surface area contributed by atoms with Gasteiger partial charge in [0.1, 0.15) is 0 Å². The van der Waals surface area contributed by atoms with Gasteiger partial charge in [-0.3, -0.25) is 13.9 Å². The topological polar surface area (TPSA) is 78.0 Å². The van der Waals surface area contributed by atoms with Gasteiger partial charge in [-0.05, 0) is 43.7 Å². The lowest BCUT2D eigenvalue weighted by atomic mass is 10.1. The molecule has 1 saturated carbocycles. The van der Waals surface area contributed by atoms with E-state index in [1.807, 2.05) is 33.2 Å². The number of rotatable bonds is 4. The first kappa shape index (κ1) is 17.2. The van der Waals surface area contributed by atoms with Crippen LogP contribution in [0.5, 0.6) is 0 Å². The van der Waals surface area contributed by atoms with Crippen molar-refractivity contribution in [2.24, 2.45) is 13.0 Å². The Kier molecular flexibility index (Phi) is 4.07. The molecule has 146 valence electrons. The lowest BCUT2D eigenvalue weighted by Crippen LogP contribution is -2.43. The SMILES string of the molecule is Cn1ccnc1C(=O)N1CCC[C@H](n2c(=O)n(CC3CC3)c3cccnc32)C1. The predicted molar refractivity (Wildman–Crippen MR) is 104 cm³/mol. The molecule has 0 aromatic carbocycles. The number of pyridine rings is 1. The maximum absolute atomic E-state index is 13.3. The number of likely N-dealkylation sites (tertiary alicyclic amines) is 1. The molecular weight excluding hydrogens is 356 g/mol. The summed E-state index contributed by atoms with van der Waals surface area (Å²) in [4.78, 5) is 36.7. The van der Waals surface area contributed by atoms with E-state index in [-0.39, 0.29) is 17.6 Å². The van der Waals surface area contributed by atoms with Gasteiger partial charge in [-0.2, -0.15) is 0 Å². The molecule has 4 heterocycles. The zero-order valence-electron chi connectivity index (χ0n) is 16.0. The number of piperidine rings is 1. The van der Waals surface area contributed by atoms with Crippen LogP contribution in [0, 0.1) is 5.92 Å². The van der Waals surface area contributed by atoms with Crippen molar-refractivity contribution in [1.29, 1.82) is 0 Å². The number of hydrogen-bond donors (Lipinski definition) is 0. The number of nitrogens with zero attached hydrogens (tertiary/aromatic N) is 6. The molecule has 1 aliphatic heterocycles. The summed E-state index contributed by atoms with van der Waals surface area (Å²) in [5, 5.41) is 0. The summed E-state index contributed by atoms with van der Waals surface area (Å²) < 4.78 is 5.43. The molecule has 8 heteroatoms. The summed E-state index contributed by atoms with van der Waals surface area (Å²) in [7, 11) is 1.82. The monoisotopic (exact) mass is 380 g/mol. The van der Waals surface area contributed by atoms with Crippen molar-refractivity contribution in [2.45, 2.75) is 38.3 Å². The first-order chi connectivity index (χ1) is 13.6. The highest BCUT2D eigenvalue weighted by Gasteiger charge is 2.31. The normalized spacial score (nSPS) is 20.0. The average Bonchev–Trinajstić information content (AvgIpc) is 3.37. The highest BCUT2D eigenvalue weighted by atomic mass is 16.2.